The Kier molecular flexibility index (Phi) is 6.92. The predicted molar refractivity (Wildman–Crippen MR) is 122 cm³/mol. The Morgan fingerprint density at radius 1 is 1.13 bits per heavy atom. The number of benzene rings is 2. The summed E-state index contributed by atoms with van der Waals surface area (Å²) in [4.78, 5) is 27.7. The first-order valence-corrected chi connectivity index (χ1v) is 10.1. The molecular formula is C23H27N5O3. The fourth-order valence-electron chi connectivity index (χ4n) is 3.25. The first-order chi connectivity index (χ1) is 14.9. The molecule has 0 bridgehead atoms. The van der Waals surface area contributed by atoms with Crippen molar-refractivity contribution in [2.45, 2.75) is 19.9 Å². The van der Waals surface area contributed by atoms with E-state index in [1.54, 1.807) is 47.4 Å². The summed E-state index contributed by atoms with van der Waals surface area (Å²) in [5.41, 5.74) is 3.71. The highest BCUT2D eigenvalue weighted by Crippen LogP contribution is 2.24. The molecule has 1 heterocycles. The second-order valence-electron chi connectivity index (χ2n) is 7.30. The van der Waals surface area contributed by atoms with Crippen LogP contribution in [0.15, 0.2) is 60.9 Å². The molecule has 2 amide bonds. The summed E-state index contributed by atoms with van der Waals surface area (Å²) in [7, 11) is 3.81. The van der Waals surface area contributed by atoms with Crippen LogP contribution in [0.4, 0.5) is 21.9 Å². The highest BCUT2D eigenvalue weighted by molar-refractivity contribution is 6.08. The number of carboxylic acid groups (broad SMARTS) is 1. The van der Waals surface area contributed by atoms with E-state index < -0.39 is 6.09 Å². The molecule has 0 saturated carbocycles. The molecule has 3 rings (SSSR count). The van der Waals surface area contributed by atoms with Crippen LogP contribution in [0.1, 0.15) is 22.8 Å². The Morgan fingerprint density at radius 2 is 1.87 bits per heavy atom. The average Bonchev–Trinajstić information content (AvgIpc) is 3.28. The van der Waals surface area contributed by atoms with Crippen LogP contribution >= 0.6 is 0 Å². The molecule has 3 aromatic rings. The zero-order valence-corrected chi connectivity index (χ0v) is 17.9. The minimum Gasteiger partial charge on any atom is -0.465 e. The maximum Gasteiger partial charge on any atom is 0.411 e. The topological polar surface area (TPSA) is 90.7 Å². The van der Waals surface area contributed by atoms with Crippen molar-refractivity contribution >= 4 is 29.1 Å². The van der Waals surface area contributed by atoms with Gasteiger partial charge in [0, 0.05) is 50.1 Å². The fraction of sp³-hybridized carbons (Fsp3) is 0.261. The van der Waals surface area contributed by atoms with Crippen LogP contribution in [0, 0.1) is 0 Å². The van der Waals surface area contributed by atoms with Gasteiger partial charge in [-0.05, 0) is 54.4 Å². The molecule has 0 fully saturated rings. The molecule has 0 aliphatic rings. The number of carbonyl (C=O) groups excluding carboxylic acids is 1. The fourth-order valence-corrected chi connectivity index (χ4v) is 3.25. The summed E-state index contributed by atoms with van der Waals surface area (Å²) >= 11 is 0. The Labute approximate surface area is 181 Å². The number of hydrogen-bond acceptors (Lipinski definition) is 4. The standard InChI is InChI=1S/C23H27N5O3/c1-4-17-6-11-20(21(16-17)26(2)3)22(29)25-18-7-9-19(10-8-18)28(23(30)31)15-14-27-13-5-12-24-27/h5-13,16H,4,14-15H2,1-3H3,(H,25,29)(H,30,31). The summed E-state index contributed by atoms with van der Waals surface area (Å²) in [6.45, 7) is 2.78. The van der Waals surface area contributed by atoms with Gasteiger partial charge in [0.1, 0.15) is 0 Å². The third kappa shape index (κ3) is 5.42. The van der Waals surface area contributed by atoms with Gasteiger partial charge in [-0.15, -0.1) is 0 Å². The maximum atomic E-state index is 12.8. The van der Waals surface area contributed by atoms with Crippen LogP contribution < -0.4 is 15.1 Å². The van der Waals surface area contributed by atoms with Crippen LogP contribution in [0.5, 0.6) is 0 Å². The molecule has 0 atom stereocenters. The van der Waals surface area contributed by atoms with Gasteiger partial charge in [-0.25, -0.2) is 4.79 Å². The molecule has 0 radical (unpaired) electrons. The smallest absolute Gasteiger partial charge is 0.411 e. The zero-order valence-electron chi connectivity index (χ0n) is 17.9. The summed E-state index contributed by atoms with van der Waals surface area (Å²) in [5.74, 6) is -0.215. The molecule has 0 aliphatic heterocycles. The Bertz CT molecular complexity index is 1030. The lowest BCUT2D eigenvalue weighted by atomic mass is 10.1. The molecule has 0 aliphatic carbocycles. The van der Waals surface area contributed by atoms with E-state index in [1.807, 2.05) is 37.2 Å². The van der Waals surface area contributed by atoms with Gasteiger partial charge >= 0.3 is 6.09 Å². The number of amides is 2. The van der Waals surface area contributed by atoms with Crippen molar-refractivity contribution in [3.8, 4) is 0 Å². The van der Waals surface area contributed by atoms with Crippen LogP contribution in [-0.2, 0) is 13.0 Å². The Hall–Kier alpha value is -3.81. The highest BCUT2D eigenvalue weighted by atomic mass is 16.4. The van der Waals surface area contributed by atoms with Gasteiger partial charge in [0.25, 0.3) is 5.91 Å². The number of rotatable bonds is 8. The van der Waals surface area contributed by atoms with E-state index in [-0.39, 0.29) is 12.5 Å². The third-order valence-corrected chi connectivity index (χ3v) is 4.98. The molecule has 0 saturated heterocycles. The van der Waals surface area contributed by atoms with Crippen LogP contribution in [-0.4, -0.2) is 47.5 Å². The highest BCUT2D eigenvalue weighted by Gasteiger charge is 2.16. The van der Waals surface area contributed by atoms with Crippen molar-refractivity contribution in [1.82, 2.24) is 9.78 Å². The minimum absolute atomic E-state index is 0.215. The third-order valence-electron chi connectivity index (χ3n) is 4.98. The van der Waals surface area contributed by atoms with Crippen molar-refractivity contribution < 1.29 is 14.7 Å². The van der Waals surface area contributed by atoms with E-state index in [0.29, 0.717) is 23.5 Å². The number of nitrogens with one attached hydrogen (secondary N) is 1. The Balaban J connectivity index is 1.72. The normalized spacial score (nSPS) is 10.5. The predicted octanol–water partition coefficient (Wildman–Crippen LogP) is 3.95. The lowest BCUT2D eigenvalue weighted by molar-refractivity contribution is 0.102. The molecule has 162 valence electrons. The molecule has 8 nitrogen and oxygen atoms in total. The van der Waals surface area contributed by atoms with E-state index in [1.165, 1.54) is 4.90 Å². The van der Waals surface area contributed by atoms with Crippen molar-refractivity contribution in [2.24, 2.45) is 0 Å². The first kappa shape index (κ1) is 21.9. The zero-order chi connectivity index (χ0) is 22.4. The summed E-state index contributed by atoms with van der Waals surface area (Å²) in [6.07, 6.45) is 3.29. The van der Waals surface area contributed by atoms with E-state index in [2.05, 4.69) is 17.3 Å². The van der Waals surface area contributed by atoms with Gasteiger partial charge < -0.3 is 15.3 Å². The first-order valence-electron chi connectivity index (χ1n) is 10.1. The van der Waals surface area contributed by atoms with Crippen molar-refractivity contribution in [3.05, 3.63) is 72.1 Å². The molecule has 2 aromatic carbocycles. The molecular weight excluding hydrogens is 394 g/mol. The lowest BCUT2D eigenvalue weighted by Crippen LogP contribution is -2.32. The monoisotopic (exact) mass is 421 g/mol. The Morgan fingerprint density at radius 3 is 2.45 bits per heavy atom. The summed E-state index contributed by atoms with van der Waals surface area (Å²) in [5, 5.41) is 16.6. The number of nitrogens with zero attached hydrogens (tertiary/aromatic N) is 4. The molecule has 1 aromatic heterocycles. The second kappa shape index (κ2) is 9.80. The van der Waals surface area contributed by atoms with Gasteiger partial charge in [0.05, 0.1) is 12.1 Å². The van der Waals surface area contributed by atoms with Gasteiger partial charge in [0.2, 0.25) is 0 Å². The maximum absolute atomic E-state index is 12.8. The van der Waals surface area contributed by atoms with Crippen molar-refractivity contribution in [2.75, 3.05) is 35.8 Å². The molecule has 2 N–H and O–H groups in total. The molecule has 0 spiro atoms. The largest absolute Gasteiger partial charge is 0.465 e. The van der Waals surface area contributed by atoms with Gasteiger partial charge in [-0.3, -0.25) is 14.4 Å². The number of hydrogen-bond donors (Lipinski definition) is 2. The van der Waals surface area contributed by atoms with Crippen LogP contribution in [0.25, 0.3) is 0 Å². The number of aromatic nitrogens is 2. The van der Waals surface area contributed by atoms with Crippen LogP contribution in [0.2, 0.25) is 0 Å². The number of aryl methyl sites for hydroxylation is 1. The van der Waals surface area contributed by atoms with Gasteiger partial charge in [-0.1, -0.05) is 13.0 Å². The van der Waals surface area contributed by atoms with Gasteiger partial charge in [-0.2, -0.15) is 5.10 Å². The summed E-state index contributed by atoms with van der Waals surface area (Å²) < 4.78 is 1.68. The van der Waals surface area contributed by atoms with Crippen molar-refractivity contribution in [3.63, 3.8) is 0 Å². The SMILES string of the molecule is CCc1ccc(C(=O)Nc2ccc(N(CCn3cccn3)C(=O)O)cc2)c(N(C)C)c1. The second-order valence-corrected chi connectivity index (χ2v) is 7.30. The summed E-state index contributed by atoms with van der Waals surface area (Å²) in [6, 6.07) is 14.4. The molecule has 31 heavy (non-hydrogen) atoms. The van der Waals surface area contributed by atoms with Gasteiger partial charge in [0.15, 0.2) is 0 Å². The van der Waals surface area contributed by atoms with Crippen molar-refractivity contribution in [1.29, 1.82) is 0 Å². The van der Waals surface area contributed by atoms with Crippen LogP contribution in [0.3, 0.4) is 0 Å². The lowest BCUT2D eigenvalue weighted by Gasteiger charge is -2.20. The average molecular weight is 422 g/mol. The quantitative estimate of drug-likeness (QED) is 0.575. The van der Waals surface area contributed by atoms with E-state index in [0.717, 1.165) is 17.7 Å². The number of carbonyl (C=O) groups is 2. The van der Waals surface area contributed by atoms with E-state index in [9.17, 15) is 14.7 Å². The minimum atomic E-state index is -1.05. The number of anilines is 3. The molecule has 0 unspecified atom stereocenters. The van der Waals surface area contributed by atoms with E-state index in [4.69, 9.17) is 0 Å². The van der Waals surface area contributed by atoms with E-state index >= 15 is 0 Å². The molecule has 8 heteroatoms.